The average molecular weight is 289 g/mol. The van der Waals surface area contributed by atoms with Crippen LogP contribution in [0.5, 0.6) is 0 Å². The van der Waals surface area contributed by atoms with E-state index in [1.54, 1.807) is 19.3 Å². The monoisotopic (exact) mass is 288 g/mol. The third kappa shape index (κ3) is 2.75. The molecule has 0 amide bonds. The molecule has 1 aliphatic heterocycles. The highest BCUT2D eigenvalue weighted by molar-refractivity contribution is 6.31. The van der Waals surface area contributed by atoms with Crippen molar-refractivity contribution in [2.75, 3.05) is 12.4 Å². The molecule has 1 atom stereocenters. The number of aliphatic imine (C=N–C) groups is 1. The molecule has 1 unspecified atom stereocenters. The molecule has 5 heteroatoms. The van der Waals surface area contributed by atoms with Crippen molar-refractivity contribution in [3.05, 3.63) is 59.3 Å². The van der Waals surface area contributed by atoms with Crippen LogP contribution in [-0.2, 0) is 0 Å². The van der Waals surface area contributed by atoms with Gasteiger partial charge in [-0.05, 0) is 25.1 Å². The number of anilines is 1. The van der Waals surface area contributed by atoms with Crippen LogP contribution in [0.3, 0.4) is 0 Å². The Balaban J connectivity index is 2.43. The Kier molecular flexibility index (Phi) is 4.58. The minimum atomic E-state index is -0.211. The van der Waals surface area contributed by atoms with Crippen LogP contribution in [0.25, 0.3) is 0 Å². The highest BCUT2D eigenvalue weighted by atomic mass is 35.5. The zero-order chi connectivity index (χ0) is 14.5. The summed E-state index contributed by atoms with van der Waals surface area (Å²) in [5, 5.41) is 7.23. The lowest BCUT2D eigenvalue weighted by molar-refractivity contribution is 0.767. The van der Waals surface area contributed by atoms with Crippen molar-refractivity contribution >= 4 is 23.3 Å². The SMILES string of the molecule is C=C/C(=C(Cl)\C=C/C)C1NC(=NC)c2cccnc2N1. The van der Waals surface area contributed by atoms with E-state index >= 15 is 0 Å². The Morgan fingerprint density at radius 1 is 1.50 bits per heavy atom. The summed E-state index contributed by atoms with van der Waals surface area (Å²) in [6.45, 7) is 5.75. The summed E-state index contributed by atoms with van der Waals surface area (Å²) in [5.41, 5.74) is 1.79. The molecular weight excluding hydrogens is 272 g/mol. The van der Waals surface area contributed by atoms with Gasteiger partial charge in [0.2, 0.25) is 0 Å². The summed E-state index contributed by atoms with van der Waals surface area (Å²) < 4.78 is 0. The van der Waals surface area contributed by atoms with E-state index in [4.69, 9.17) is 11.6 Å². The van der Waals surface area contributed by atoms with E-state index < -0.39 is 0 Å². The number of rotatable bonds is 3. The third-order valence-corrected chi connectivity index (χ3v) is 3.31. The molecule has 0 saturated heterocycles. The van der Waals surface area contributed by atoms with Crippen molar-refractivity contribution in [3.8, 4) is 0 Å². The molecule has 2 heterocycles. The van der Waals surface area contributed by atoms with Gasteiger partial charge in [0.1, 0.15) is 17.8 Å². The Hall–Kier alpha value is -2.07. The van der Waals surface area contributed by atoms with Crippen molar-refractivity contribution < 1.29 is 0 Å². The van der Waals surface area contributed by atoms with E-state index in [9.17, 15) is 0 Å². The Bertz CT molecular complexity index is 602. The molecule has 1 aromatic rings. The zero-order valence-corrected chi connectivity index (χ0v) is 12.3. The molecule has 0 fully saturated rings. The molecule has 0 aromatic carbocycles. The van der Waals surface area contributed by atoms with Gasteiger partial charge in [-0.25, -0.2) is 4.98 Å². The quantitative estimate of drug-likeness (QED) is 0.841. The lowest BCUT2D eigenvalue weighted by Crippen LogP contribution is -2.46. The standard InChI is InChI=1S/C15H17ClN4/c1-4-7-12(16)10(5-2)15-19-13(17-3)11-8-6-9-18-14(11)20-15/h4-9,15H,2H2,1,3H3,(H,17,19)(H,18,20)/b7-4-,12-10-. The van der Waals surface area contributed by atoms with Crippen LogP contribution in [0.1, 0.15) is 12.5 Å². The second kappa shape index (κ2) is 6.39. The molecule has 2 rings (SSSR count). The van der Waals surface area contributed by atoms with Crippen LogP contribution in [0, 0.1) is 0 Å². The fraction of sp³-hybridized carbons (Fsp3) is 0.200. The number of nitrogens with one attached hydrogen (secondary N) is 2. The number of amidine groups is 1. The fourth-order valence-electron chi connectivity index (χ4n) is 2.03. The maximum Gasteiger partial charge on any atom is 0.138 e. The molecule has 0 spiro atoms. The molecule has 1 aromatic heterocycles. The van der Waals surface area contributed by atoms with E-state index in [-0.39, 0.29) is 6.17 Å². The van der Waals surface area contributed by atoms with Gasteiger partial charge in [-0.2, -0.15) is 0 Å². The lowest BCUT2D eigenvalue weighted by atomic mass is 10.1. The molecule has 1 aliphatic rings. The van der Waals surface area contributed by atoms with E-state index in [1.807, 2.05) is 31.2 Å². The summed E-state index contributed by atoms with van der Waals surface area (Å²) in [6, 6.07) is 3.84. The molecule has 0 saturated carbocycles. The normalized spacial score (nSPS) is 20.9. The first kappa shape index (κ1) is 14.3. The number of aromatic nitrogens is 1. The Morgan fingerprint density at radius 2 is 2.30 bits per heavy atom. The molecule has 20 heavy (non-hydrogen) atoms. The molecule has 0 bridgehead atoms. The van der Waals surface area contributed by atoms with Gasteiger partial charge in [-0.15, -0.1) is 0 Å². The van der Waals surface area contributed by atoms with Gasteiger partial charge in [0.25, 0.3) is 0 Å². The van der Waals surface area contributed by atoms with E-state index in [0.717, 1.165) is 22.8 Å². The highest BCUT2D eigenvalue weighted by Gasteiger charge is 2.24. The number of allylic oxidation sites excluding steroid dienone is 3. The Labute approximate surface area is 124 Å². The van der Waals surface area contributed by atoms with Crippen LogP contribution in [0.4, 0.5) is 5.82 Å². The minimum absolute atomic E-state index is 0.211. The van der Waals surface area contributed by atoms with Crippen molar-refractivity contribution in [2.45, 2.75) is 13.1 Å². The number of hydrogen-bond acceptors (Lipinski definition) is 3. The highest BCUT2D eigenvalue weighted by Crippen LogP contribution is 2.23. The smallest absolute Gasteiger partial charge is 0.138 e. The maximum absolute atomic E-state index is 6.28. The molecular formula is C15H17ClN4. The van der Waals surface area contributed by atoms with Crippen molar-refractivity contribution in [1.82, 2.24) is 10.3 Å². The van der Waals surface area contributed by atoms with E-state index in [0.29, 0.717) is 5.03 Å². The van der Waals surface area contributed by atoms with Gasteiger partial charge in [0.05, 0.1) is 5.56 Å². The van der Waals surface area contributed by atoms with Gasteiger partial charge in [0, 0.05) is 23.8 Å². The molecule has 104 valence electrons. The Morgan fingerprint density at radius 3 is 2.95 bits per heavy atom. The number of fused-ring (bicyclic) bond motifs is 1. The fourth-order valence-corrected chi connectivity index (χ4v) is 2.35. The second-order valence-electron chi connectivity index (χ2n) is 4.20. The third-order valence-electron chi connectivity index (χ3n) is 2.97. The summed E-state index contributed by atoms with van der Waals surface area (Å²) in [5.74, 6) is 1.56. The van der Waals surface area contributed by atoms with Gasteiger partial charge in [-0.3, -0.25) is 4.99 Å². The van der Waals surface area contributed by atoms with Gasteiger partial charge in [0.15, 0.2) is 0 Å². The number of nitrogens with zero attached hydrogens (tertiary/aromatic N) is 2. The molecule has 0 radical (unpaired) electrons. The maximum atomic E-state index is 6.28. The molecule has 4 nitrogen and oxygen atoms in total. The minimum Gasteiger partial charge on any atom is -0.346 e. The molecule has 2 N–H and O–H groups in total. The summed E-state index contributed by atoms with van der Waals surface area (Å²) in [4.78, 5) is 8.61. The van der Waals surface area contributed by atoms with Crippen LogP contribution in [0.2, 0.25) is 0 Å². The van der Waals surface area contributed by atoms with E-state index in [1.165, 1.54) is 0 Å². The summed E-state index contributed by atoms with van der Waals surface area (Å²) >= 11 is 6.28. The average Bonchev–Trinajstić information content (AvgIpc) is 2.47. The van der Waals surface area contributed by atoms with Crippen LogP contribution in [0.15, 0.2) is 58.7 Å². The van der Waals surface area contributed by atoms with E-state index in [2.05, 4.69) is 27.2 Å². The number of pyridine rings is 1. The predicted molar refractivity (Wildman–Crippen MR) is 85.1 cm³/mol. The predicted octanol–water partition coefficient (Wildman–Crippen LogP) is 3.05. The largest absolute Gasteiger partial charge is 0.346 e. The van der Waals surface area contributed by atoms with Crippen LogP contribution in [-0.4, -0.2) is 24.0 Å². The first-order chi connectivity index (χ1) is 9.71. The first-order valence-electron chi connectivity index (χ1n) is 6.31. The van der Waals surface area contributed by atoms with Crippen molar-refractivity contribution in [2.24, 2.45) is 4.99 Å². The van der Waals surface area contributed by atoms with Crippen LogP contribution >= 0.6 is 11.6 Å². The number of hydrogen-bond donors (Lipinski definition) is 2. The zero-order valence-electron chi connectivity index (χ0n) is 11.5. The van der Waals surface area contributed by atoms with Crippen molar-refractivity contribution in [1.29, 1.82) is 0 Å². The molecule has 0 aliphatic carbocycles. The summed E-state index contributed by atoms with van der Waals surface area (Å²) in [6.07, 6.45) is 6.98. The topological polar surface area (TPSA) is 49.3 Å². The van der Waals surface area contributed by atoms with Crippen LogP contribution < -0.4 is 10.6 Å². The first-order valence-corrected chi connectivity index (χ1v) is 6.69. The second-order valence-corrected chi connectivity index (χ2v) is 4.61. The summed E-state index contributed by atoms with van der Waals surface area (Å²) in [7, 11) is 1.74. The van der Waals surface area contributed by atoms with Gasteiger partial charge >= 0.3 is 0 Å². The lowest BCUT2D eigenvalue weighted by Gasteiger charge is -2.30. The van der Waals surface area contributed by atoms with Crippen molar-refractivity contribution in [3.63, 3.8) is 0 Å². The number of halogens is 1. The van der Waals surface area contributed by atoms with Gasteiger partial charge < -0.3 is 10.6 Å². The van der Waals surface area contributed by atoms with Gasteiger partial charge in [-0.1, -0.05) is 30.3 Å².